The van der Waals surface area contributed by atoms with Gasteiger partial charge in [-0.2, -0.15) is 10.2 Å². The summed E-state index contributed by atoms with van der Waals surface area (Å²) >= 11 is 0. The summed E-state index contributed by atoms with van der Waals surface area (Å²) in [5.74, 6) is -0.0677. The largest absolute Gasteiger partial charge is 0.465 e. The van der Waals surface area contributed by atoms with Gasteiger partial charge in [-0.15, -0.1) is 0 Å². The lowest BCUT2D eigenvalue weighted by Crippen LogP contribution is -2.18. The number of nitrogens with one attached hydrogen (secondary N) is 2. The number of furan rings is 1. The molecule has 136 valence electrons. The molecule has 0 spiro atoms. The Kier molecular flexibility index (Phi) is 5.58. The first-order chi connectivity index (χ1) is 13.1. The number of benzene rings is 1. The van der Waals surface area contributed by atoms with E-state index >= 15 is 0 Å². The molecule has 3 rings (SSSR count). The van der Waals surface area contributed by atoms with Crippen molar-refractivity contribution in [3.05, 3.63) is 77.5 Å². The maximum atomic E-state index is 11.8. The topological polar surface area (TPSA) is 110 Å². The molecule has 2 aromatic heterocycles. The van der Waals surface area contributed by atoms with Gasteiger partial charge in [0.15, 0.2) is 5.69 Å². The monoisotopic (exact) mass is 364 g/mol. The van der Waals surface area contributed by atoms with Crippen LogP contribution >= 0.6 is 0 Å². The van der Waals surface area contributed by atoms with E-state index in [1.165, 1.54) is 24.6 Å². The van der Waals surface area contributed by atoms with Crippen LogP contribution in [0, 0.1) is 6.92 Å². The Labute approximate surface area is 154 Å². The van der Waals surface area contributed by atoms with Crippen molar-refractivity contribution in [1.29, 1.82) is 0 Å². The molecule has 0 bridgehead atoms. The highest BCUT2D eigenvalue weighted by Gasteiger charge is 2.07. The molecule has 1 aromatic carbocycles. The molecule has 0 atom stereocenters. The quantitative estimate of drug-likeness (QED) is 0.230. The lowest BCUT2D eigenvalue weighted by Gasteiger charge is -2.02. The average molecular weight is 364 g/mol. The summed E-state index contributed by atoms with van der Waals surface area (Å²) in [5, 5.41) is 10.4. The molecule has 0 radical (unpaired) electrons. The second-order valence-corrected chi connectivity index (χ2v) is 5.48. The summed E-state index contributed by atoms with van der Waals surface area (Å²) in [7, 11) is 0. The zero-order valence-electron chi connectivity index (χ0n) is 14.4. The highest BCUT2D eigenvalue weighted by atomic mass is 16.5. The van der Waals surface area contributed by atoms with Gasteiger partial charge in [-0.3, -0.25) is 9.89 Å². The number of aromatic amines is 1. The number of hydrogen-bond acceptors (Lipinski definition) is 6. The van der Waals surface area contributed by atoms with Crippen LogP contribution in [0.2, 0.25) is 0 Å². The molecule has 3 aromatic rings. The molecule has 0 fully saturated rings. The minimum Gasteiger partial charge on any atom is -0.465 e. The lowest BCUT2D eigenvalue weighted by molar-refractivity contribution is -0.128. The highest BCUT2D eigenvalue weighted by molar-refractivity contribution is 5.93. The van der Waals surface area contributed by atoms with Crippen molar-refractivity contribution >= 4 is 24.2 Å². The van der Waals surface area contributed by atoms with Crippen molar-refractivity contribution in [2.75, 3.05) is 0 Å². The van der Waals surface area contributed by atoms with E-state index in [4.69, 9.17) is 9.15 Å². The second-order valence-electron chi connectivity index (χ2n) is 5.48. The van der Waals surface area contributed by atoms with Gasteiger partial charge in [-0.05, 0) is 48.9 Å². The smallest absolute Gasteiger partial charge is 0.336 e. The van der Waals surface area contributed by atoms with Crippen LogP contribution in [-0.2, 0) is 4.79 Å². The number of aromatic nitrogens is 2. The third-order valence-electron chi connectivity index (χ3n) is 3.32. The molecule has 0 aliphatic heterocycles. The average Bonchev–Trinajstić information content (AvgIpc) is 3.32. The molecule has 8 heteroatoms. The molecule has 1 amide bonds. The molecule has 2 heterocycles. The van der Waals surface area contributed by atoms with E-state index in [1.807, 2.05) is 0 Å². The van der Waals surface area contributed by atoms with E-state index in [1.54, 1.807) is 49.4 Å². The van der Waals surface area contributed by atoms with E-state index in [-0.39, 0.29) is 5.69 Å². The Bertz CT molecular complexity index is 987. The Morgan fingerprint density at radius 3 is 2.89 bits per heavy atom. The van der Waals surface area contributed by atoms with Crippen LogP contribution in [0.1, 0.15) is 27.5 Å². The number of ether oxygens (including phenoxy) is 1. The van der Waals surface area contributed by atoms with Gasteiger partial charge >= 0.3 is 5.97 Å². The SMILES string of the molecule is Cc1cc(C(=O)NN=Cc2cccc(OC(=O)C=Cc3ccco3)c2)n[nH]1. The Hall–Kier alpha value is -3.94. The maximum Gasteiger partial charge on any atom is 0.336 e. The third-order valence-corrected chi connectivity index (χ3v) is 3.32. The first-order valence-corrected chi connectivity index (χ1v) is 7.99. The van der Waals surface area contributed by atoms with Gasteiger partial charge in [0.05, 0.1) is 12.5 Å². The zero-order valence-corrected chi connectivity index (χ0v) is 14.4. The van der Waals surface area contributed by atoms with Crippen LogP contribution in [0.3, 0.4) is 0 Å². The predicted octanol–water partition coefficient (Wildman–Crippen LogP) is 2.69. The summed E-state index contributed by atoms with van der Waals surface area (Å²) in [5.41, 5.74) is 4.05. The number of hydrogen-bond donors (Lipinski definition) is 2. The van der Waals surface area contributed by atoms with Crippen molar-refractivity contribution in [3.8, 4) is 5.75 Å². The van der Waals surface area contributed by atoms with Gasteiger partial charge in [0.25, 0.3) is 5.91 Å². The number of amides is 1. The molecule has 2 N–H and O–H groups in total. The lowest BCUT2D eigenvalue weighted by atomic mass is 10.2. The number of nitrogens with zero attached hydrogens (tertiary/aromatic N) is 2. The highest BCUT2D eigenvalue weighted by Crippen LogP contribution is 2.13. The number of esters is 1. The number of hydrazone groups is 1. The van der Waals surface area contributed by atoms with Crippen molar-refractivity contribution < 1.29 is 18.7 Å². The van der Waals surface area contributed by atoms with Crippen molar-refractivity contribution in [1.82, 2.24) is 15.6 Å². The minimum atomic E-state index is -0.539. The van der Waals surface area contributed by atoms with Crippen molar-refractivity contribution in [2.45, 2.75) is 6.92 Å². The maximum absolute atomic E-state index is 11.8. The summed E-state index contributed by atoms with van der Waals surface area (Å²) < 4.78 is 10.3. The van der Waals surface area contributed by atoms with Crippen LogP contribution < -0.4 is 10.2 Å². The van der Waals surface area contributed by atoms with Crippen LogP contribution in [0.25, 0.3) is 6.08 Å². The van der Waals surface area contributed by atoms with Gasteiger partial charge in [-0.25, -0.2) is 10.2 Å². The Balaban J connectivity index is 1.56. The van der Waals surface area contributed by atoms with Crippen LogP contribution in [0.5, 0.6) is 5.75 Å². The van der Waals surface area contributed by atoms with E-state index in [2.05, 4.69) is 20.7 Å². The fourth-order valence-corrected chi connectivity index (χ4v) is 2.10. The standard InChI is InChI=1S/C19H16N4O4/c1-13-10-17(22-21-13)19(25)23-20-12-14-4-2-5-16(11-14)27-18(24)8-7-15-6-3-9-26-15/h2-12H,1H3,(H,21,22)(H,23,25). The molecule has 0 aliphatic carbocycles. The summed E-state index contributed by atoms with van der Waals surface area (Å²) in [4.78, 5) is 23.7. The number of aryl methyl sites for hydroxylation is 1. The van der Waals surface area contributed by atoms with Crippen LogP contribution in [0.15, 0.2) is 64.3 Å². The predicted molar refractivity (Wildman–Crippen MR) is 98.2 cm³/mol. The Morgan fingerprint density at radius 1 is 1.26 bits per heavy atom. The molecule has 0 unspecified atom stereocenters. The second kappa shape index (κ2) is 8.43. The van der Waals surface area contributed by atoms with Gasteiger partial charge in [0.2, 0.25) is 0 Å². The fourth-order valence-electron chi connectivity index (χ4n) is 2.10. The van der Waals surface area contributed by atoms with E-state index in [0.29, 0.717) is 17.1 Å². The molecule has 8 nitrogen and oxygen atoms in total. The first kappa shape index (κ1) is 17.9. The van der Waals surface area contributed by atoms with Gasteiger partial charge < -0.3 is 9.15 Å². The molecule has 0 aliphatic rings. The molecular formula is C19H16N4O4. The van der Waals surface area contributed by atoms with Crippen LogP contribution in [0.4, 0.5) is 0 Å². The molecular weight excluding hydrogens is 348 g/mol. The molecule has 27 heavy (non-hydrogen) atoms. The summed E-state index contributed by atoms with van der Waals surface area (Å²) in [6.45, 7) is 1.80. The number of carbonyl (C=O) groups excluding carboxylic acids is 2. The van der Waals surface area contributed by atoms with E-state index in [9.17, 15) is 9.59 Å². The van der Waals surface area contributed by atoms with Crippen molar-refractivity contribution in [3.63, 3.8) is 0 Å². The van der Waals surface area contributed by atoms with Gasteiger partial charge in [0.1, 0.15) is 11.5 Å². The minimum absolute atomic E-state index is 0.246. The number of carbonyl (C=O) groups is 2. The fraction of sp³-hybridized carbons (Fsp3) is 0.0526. The third kappa shape index (κ3) is 5.27. The number of H-pyrrole nitrogens is 1. The molecule has 0 saturated heterocycles. The number of rotatable bonds is 6. The zero-order chi connectivity index (χ0) is 19.1. The van der Waals surface area contributed by atoms with Crippen LogP contribution in [-0.4, -0.2) is 28.3 Å². The van der Waals surface area contributed by atoms with Gasteiger partial charge in [-0.1, -0.05) is 12.1 Å². The van der Waals surface area contributed by atoms with Gasteiger partial charge in [0, 0.05) is 11.8 Å². The Morgan fingerprint density at radius 2 is 2.15 bits per heavy atom. The van der Waals surface area contributed by atoms with Crippen molar-refractivity contribution in [2.24, 2.45) is 5.10 Å². The summed E-state index contributed by atoms with van der Waals surface area (Å²) in [6, 6.07) is 11.8. The molecule has 0 saturated carbocycles. The normalized spacial score (nSPS) is 11.1. The first-order valence-electron chi connectivity index (χ1n) is 7.99. The van der Waals surface area contributed by atoms with E-state index < -0.39 is 11.9 Å². The van der Waals surface area contributed by atoms with E-state index in [0.717, 1.165) is 5.69 Å². The summed E-state index contributed by atoms with van der Waals surface area (Å²) in [6.07, 6.45) is 5.74.